The summed E-state index contributed by atoms with van der Waals surface area (Å²) in [6, 6.07) is 26.7. The van der Waals surface area contributed by atoms with Crippen molar-refractivity contribution >= 4 is 23.9 Å². The van der Waals surface area contributed by atoms with Gasteiger partial charge in [0.1, 0.15) is 19.8 Å². The van der Waals surface area contributed by atoms with E-state index in [1.807, 2.05) is 12.1 Å². The molecule has 0 aliphatic carbocycles. The Labute approximate surface area is 215 Å². The van der Waals surface area contributed by atoms with Crippen LogP contribution in [-0.2, 0) is 57.9 Å². The second-order valence-electron chi connectivity index (χ2n) is 8.30. The normalized spacial score (nSPS) is 10.7. The van der Waals surface area contributed by atoms with Crippen LogP contribution in [-0.4, -0.2) is 29.5 Å². The van der Waals surface area contributed by atoms with Gasteiger partial charge in [0.25, 0.3) is 0 Å². The van der Waals surface area contributed by atoms with E-state index < -0.39 is 42.3 Å². The van der Waals surface area contributed by atoms with Gasteiger partial charge in [-0.2, -0.15) is 0 Å². The van der Waals surface area contributed by atoms with E-state index in [0.29, 0.717) is 5.56 Å². The quantitative estimate of drug-likeness (QED) is 0.266. The Balaban J connectivity index is 1.77. The van der Waals surface area contributed by atoms with Gasteiger partial charge in [0.2, 0.25) is 5.60 Å². The first kappa shape index (κ1) is 27.1. The summed E-state index contributed by atoms with van der Waals surface area (Å²) < 4.78 is 21.3. The van der Waals surface area contributed by atoms with Crippen LogP contribution in [0.1, 0.15) is 36.5 Å². The summed E-state index contributed by atoms with van der Waals surface area (Å²) in [5.41, 5.74) is -0.140. The largest absolute Gasteiger partial charge is 0.461 e. The lowest BCUT2D eigenvalue weighted by molar-refractivity contribution is -0.191. The van der Waals surface area contributed by atoms with Crippen molar-refractivity contribution in [1.29, 1.82) is 0 Å². The highest BCUT2D eigenvalue weighted by Gasteiger charge is 2.48. The summed E-state index contributed by atoms with van der Waals surface area (Å²) in [5.74, 6) is -3.63. The smallest absolute Gasteiger partial charge is 0.352 e. The third-order valence-corrected chi connectivity index (χ3v) is 5.27. The van der Waals surface area contributed by atoms with Crippen molar-refractivity contribution in [3.8, 4) is 0 Å². The molecule has 0 unspecified atom stereocenters. The minimum Gasteiger partial charge on any atom is -0.461 e. The molecule has 0 atom stereocenters. The Kier molecular flexibility index (Phi) is 9.96. The van der Waals surface area contributed by atoms with E-state index in [4.69, 9.17) is 18.9 Å². The summed E-state index contributed by atoms with van der Waals surface area (Å²) in [7, 11) is 0. The molecule has 0 aromatic heterocycles. The number of hydrogen-bond donors (Lipinski definition) is 0. The number of benzene rings is 3. The fraction of sp³-hybridized carbons (Fsp3) is 0.241. The summed E-state index contributed by atoms with van der Waals surface area (Å²) in [4.78, 5) is 50.9. The van der Waals surface area contributed by atoms with Gasteiger partial charge in [0.15, 0.2) is 0 Å². The lowest BCUT2D eigenvalue weighted by Gasteiger charge is -2.29. The average Bonchev–Trinajstić information content (AvgIpc) is 2.90. The van der Waals surface area contributed by atoms with Crippen molar-refractivity contribution in [3.05, 3.63) is 108 Å². The molecule has 8 heteroatoms. The van der Waals surface area contributed by atoms with E-state index >= 15 is 0 Å². The number of rotatable bonds is 12. The molecule has 0 bridgehead atoms. The van der Waals surface area contributed by atoms with Crippen molar-refractivity contribution in [1.82, 2.24) is 0 Å². The van der Waals surface area contributed by atoms with Crippen LogP contribution >= 0.6 is 0 Å². The van der Waals surface area contributed by atoms with Crippen molar-refractivity contribution in [2.24, 2.45) is 0 Å². The number of carbonyl (C=O) groups is 4. The summed E-state index contributed by atoms with van der Waals surface area (Å²) >= 11 is 0. The Morgan fingerprint density at radius 3 is 1.27 bits per heavy atom. The van der Waals surface area contributed by atoms with Crippen LogP contribution in [0.25, 0.3) is 0 Å². The third-order valence-electron chi connectivity index (χ3n) is 5.27. The Bertz CT molecular complexity index is 1120. The van der Waals surface area contributed by atoms with E-state index in [1.54, 1.807) is 78.9 Å². The molecule has 0 N–H and O–H groups in total. The first-order valence-corrected chi connectivity index (χ1v) is 11.7. The van der Waals surface area contributed by atoms with Crippen LogP contribution < -0.4 is 0 Å². The van der Waals surface area contributed by atoms with Crippen molar-refractivity contribution in [2.75, 3.05) is 0 Å². The highest BCUT2D eigenvalue weighted by atomic mass is 16.6. The zero-order valence-electron chi connectivity index (χ0n) is 20.5. The first-order chi connectivity index (χ1) is 17.9. The molecular formula is C29H28O8. The third kappa shape index (κ3) is 8.92. The maximum absolute atomic E-state index is 13.3. The van der Waals surface area contributed by atoms with Crippen LogP contribution in [0.4, 0.5) is 0 Å². The van der Waals surface area contributed by atoms with Gasteiger partial charge in [-0.05, 0) is 16.7 Å². The highest BCUT2D eigenvalue weighted by Crippen LogP contribution is 2.26. The summed E-state index contributed by atoms with van der Waals surface area (Å²) in [6.45, 7) is 0.797. The molecule has 3 aromatic rings. The van der Waals surface area contributed by atoms with Crippen LogP contribution in [0.5, 0.6) is 0 Å². The van der Waals surface area contributed by atoms with Gasteiger partial charge >= 0.3 is 23.9 Å². The van der Waals surface area contributed by atoms with Gasteiger partial charge < -0.3 is 18.9 Å². The van der Waals surface area contributed by atoms with E-state index in [-0.39, 0.29) is 19.8 Å². The van der Waals surface area contributed by atoms with Crippen LogP contribution in [0.2, 0.25) is 0 Å². The summed E-state index contributed by atoms with van der Waals surface area (Å²) in [5, 5.41) is 0. The zero-order chi connectivity index (χ0) is 26.5. The topological polar surface area (TPSA) is 105 Å². The lowest BCUT2D eigenvalue weighted by Crippen LogP contribution is -2.48. The maximum Gasteiger partial charge on any atom is 0.352 e. The van der Waals surface area contributed by atoms with Gasteiger partial charge in [-0.25, -0.2) is 4.79 Å². The summed E-state index contributed by atoms with van der Waals surface area (Å²) in [6.07, 6.45) is -1.46. The highest BCUT2D eigenvalue weighted by molar-refractivity contribution is 5.92. The second kappa shape index (κ2) is 13.6. The second-order valence-corrected chi connectivity index (χ2v) is 8.30. The molecule has 3 rings (SSSR count). The van der Waals surface area contributed by atoms with Crippen LogP contribution in [0, 0.1) is 0 Å². The maximum atomic E-state index is 13.3. The monoisotopic (exact) mass is 504 g/mol. The minimum atomic E-state index is -2.26. The molecule has 37 heavy (non-hydrogen) atoms. The Morgan fingerprint density at radius 1 is 0.568 bits per heavy atom. The predicted octanol–water partition coefficient (Wildman–Crippen LogP) is 4.30. The molecule has 0 saturated carbocycles. The Morgan fingerprint density at radius 2 is 0.919 bits per heavy atom. The van der Waals surface area contributed by atoms with Gasteiger partial charge in [-0.3, -0.25) is 14.4 Å². The number of hydrogen-bond acceptors (Lipinski definition) is 8. The fourth-order valence-corrected chi connectivity index (χ4v) is 3.49. The predicted molar refractivity (Wildman–Crippen MR) is 132 cm³/mol. The standard InChI is InChI=1S/C29H28O8/c1-22(30)37-29(28(33)36-21-25-15-9-4-10-16-25,17-26(31)34-19-23-11-5-2-6-12-23)18-27(32)35-20-24-13-7-3-8-14-24/h2-16H,17-21H2,1H3. The molecule has 0 heterocycles. The van der Waals surface area contributed by atoms with Crippen LogP contribution in [0.3, 0.4) is 0 Å². The molecule has 3 aromatic carbocycles. The molecule has 0 fully saturated rings. The van der Waals surface area contributed by atoms with Gasteiger partial charge in [-0.1, -0.05) is 91.0 Å². The lowest BCUT2D eigenvalue weighted by atomic mass is 9.94. The molecule has 0 saturated heterocycles. The first-order valence-electron chi connectivity index (χ1n) is 11.7. The molecule has 8 nitrogen and oxygen atoms in total. The number of ether oxygens (including phenoxy) is 4. The van der Waals surface area contributed by atoms with Gasteiger partial charge in [0.05, 0.1) is 12.8 Å². The van der Waals surface area contributed by atoms with E-state index in [1.165, 1.54) is 0 Å². The van der Waals surface area contributed by atoms with E-state index in [0.717, 1.165) is 18.1 Å². The van der Waals surface area contributed by atoms with Crippen molar-refractivity contribution in [2.45, 2.75) is 45.2 Å². The van der Waals surface area contributed by atoms with E-state index in [2.05, 4.69) is 0 Å². The SMILES string of the molecule is CC(=O)OC(CC(=O)OCc1ccccc1)(CC(=O)OCc1ccccc1)C(=O)OCc1ccccc1. The zero-order valence-corrected chi connectivity index (χ0v) is 20.5. The molecule has 0 aliphatic rings. The average molecular weight is 505 g/mol. The van der Waals surface area contributed by atoms with Gasteiger partial charge in [0, 0.05) is 6.92 Å². The molecular weight excluding hydrogens is 476 g/mol. The minimum absolute atomic E-state index is 0.0622. The molecule has 0 radical (unpaired) electrons. The van der Waals surface area contributed by atoms with Crippen molar-refractivity contribution < 1.29 is 38.1 Å². The molecule has 0 spiro atoms. The fourth-order valence-electron chi connectivity index (χ4n) is 3.49. The number of carbonyl (C=O) groups excluding carboxylic acids is 4. The molecule has 192 valence electrons. The number of esters is 4. The van der Waals surface area contributed by atoms with E-state index in [9.17, 15) is 19.2 Å². The van der Waals surface area contributed by atoms with Crippen molar-refractivity contribution in [3.63, 3.8) is 0 Å². The molecule has 0 amide bonds. The molecule has 0 aliphatic heterocycles. The van der Waals surface area contributed by atoms with Gasteiger partial charge in [-0.15, -0.1) is 0 Å². The Hall–Kier alpha value is -4.46. The van der Waals surface area contributed by atoms with Crippen LogP contribution in [0.15, 0.2) is 91.0 Å².